The van der Waals surface area contributed by atoms with Gasteiger partial charge in [0.2, 0.25) is 5.91 Å². The van der Waals surface area contributed by atoms with Crippen molar-refractivity contribution in [2.75, 3.05) is 0 Å². The maximum Gasteiger partial charge on any atom is 0.242 e. The highest BCUT2D eigenvalue weighted by atomic mass is 16.1. The van der Waals surface area contributed by atoms with Gasteiger partial charge in [-0.1, -0.05) is 36.4 Å². The smallest absolute Gasteiger partial charge is 0.242 e. The van der Waals surface area contributed by atoms with Crippen LogP contribution in [0.3, 0.4) is 0 Å². The molecule has 0 radical (unpaired) electrons. The lowest BCUT2D eigenvalue weighted by molar-refractivity contribution is -0.121. The first-order chi connectivity index (χ1) is 9.70. The lowest BCUT2D eigenvalue weighted by Gasteiger charge is -2.10. The summed E-state index contributed by atoms with van der Waals surface area (Å²) in [6, 6.07) is 14.9. The van der Waals surface area contributed by atoms with E-state index in [1.807, 2.05) is 43.3 Å². The van der Waals surface area contributed by atoms with Crippen LogP contribution in [-0.2, 0) is 11.3 Å². The molecule has 1 N–H and O–H groups in total. The van der Waals surface area contributed by atoms with Crippen molar-refractivity contribution in [1.82, 2.24) is 10.3 Å². The van der Waals surface area contributed by atoms with Crippen LogP contribution < -0.4 is 5.32 Å². The van der Waals surface area contributed by atoms with Crippen molar-refractivity contribution in [2.45, 2.75) is 19.4 Å². The molecule has 0 saturated carbocycles. The summed E-state index contributed by atoms with van der Waals surface area (Å²) < 4.78 is 0. The zero-order valence-corrected chi connectivity index (χ0v) is 11.2. The van der Waals surface area contributed by atoms with Crippen molar-refractivity contribution in [3.8, 4) is 6.07 Å². The molecule has 1 unspecified atom stereocenters. The van der Waals surface area contributed by atoms with Gasteiger partial charge >= 0.3 is 0 Å². The van der Waals surface area contributed by atoms with Crippen LogP contribution in [0, 0.1) is 18.3 Å². The van der Waals surface area contributed by atoms with Crippen LogP contribution in [0.5, 0.6) is 0 Å². The highest BCUT2D eigenvalue weighted by Gasteiger charge is 2.19. The first-order valence-electron chi connectivity index (χ1n) is 6.34. The lowest BCUT2D eigenvalue weighted by atomic mass is 10.00. The molecule has 0 spiro atoms. The minimum Gasteiger partial charge on any atom is -0.351 e. The van der Waals surface area contributed by atoms with Crippen molar-refractivity contribution in [3.05, 3.63) is 65.5 Å². The Morgan fingerprint density at radius 2 is 2.05 bits per heavy atom. The first-order valence-corrected chi connectivity index (χ1v) is 6.34. The molecule has 4 heteroatoms. The monoisotopic (exact) mass is 265 g/mol. The largest absolute Gasteiger partial charge is 0.351 e. The Hall–Kier alpha value is -2.67. The number of nitrogens with one attached hydrogen (secondary N) is 1. The zero-order chi connectivity index (χ0) is 14.4. The van der Waals surface area contributed by atoms with Gasteiger partial charge in [0.25, 0.3) is 0 Å². The number of nitriles is 1. The van der Waals surface area contributed by atoms with E-state index in [1.165, 1.54) is 0 Å². The van der Waals surface area contributed by atoms with Gasteiger partial charge in [0.15, 0.2) is 0 Å². The highest BCUT2D eigenvalue weighted by Crippen LogP contribution is 2.14. The van der Waals surface area contributed by atoms with E-state index in [0.717, 1.165) is 11.3 Å². The zero-order valence-electron chi connectivity index (χ0n) is 11.2. The molecule has 1 heterocycles. The van der Waals surface area contributed by atoms with Gasteiger partial charge in [-0.2, -0.15) is 5.26 Å². The van der Waals surface area contributed by atoms with Gasteiger partial charge in [-0.3, -0.25) is 9.78 Å². The summed E-state index contributed by atoms with van der Waals surface area (Å²) in [7, 11) is 0. The summed E-state index contributed by atoms with van der Waals surface area (Å²) in [5, 5.41) is 11.9. The Kier molecular flexibility index (Phi) is 4.46. The number of amides is 1. The van der Waals surface area contributed by atoms with Gasteiger partial charge in [-0.25, -0.2) is 0 Å². The van der Waals surface area contributed by atoms with Crippen LogP contribution in [-0.4, -0.2) is 10.9 Å². The van der Waals surface area contributed by atoms with Crippen LogP contribution >= 0.6 is 0 Å². The number of carbonyl (C=O) groups excluding carboxylic acids is 1. The van der Waals surface area contributed by atoms with E-state index in [0.29, 0.717) is 12.1 Å². The summed E-state index contributed by atoms with van der Waals surface area (Å²) in [4.78, 5) is 16.2. The Bertz CT molecular complexity index is 614. The minimum absolute atomic E-state index is 0.292. The second kappa shape index (κ2) is 6.48. The summed E-state index contributed by atoms with van der Waals surface area (Å²) in [6.07, 6.45) is 1.72. The fourth-order valence-corrected chi connectivity index (χ4v) is 1.82. The normalized spacial score (nSPS) is 11.4. The van der Waals surface area contributed by atoms with E-state index in [4.69, 9.17) is 5.26 Å². The lowest BCUT2D eigenvalue weighted by Crippen LogP contribution is -2.28. The first kappa shape index (κ1) is 13.8. The molecule has 0 fully saturated rings. The minimum atomic E-state index is -0.783. The van der Waals surface area contributed by atoms with Crippen molar-refractivity contribution >= 4 is 5.91 Å². The number of pyridine rings is 1. The van der Waals surface area contributed by atoms with E-state index in [1.54, 1.807) is 18.3 Å². The Morgan fingerprint density at radius 1 is 1.30 bits per heavy atom. The van der Waals surface area contributed by atoms with Crippen molar-refractivity contribution < 1.29 is 4.79 Å². The van der Waals surface area contributed by atoms with Gasteiger partial charge < -0.3 is 5.32 Å². The van der Waals surface area contributed by atoms with Gasteiger partial charge in [0, 0.05) is 18.4 Å². The number of aryl methyl sites for hydroxylation is 1. The fourth-order valence-electron chi connectivity index (χ4n) is 1.82. The van der Waals surface area contributed by atoms with Crippen LogP contribution in [0.2, 0.25) is 0 Å². The fraction of sp³-hybridized carbons (Fsp3) is 0.188. The van der Waals surface area contributed by atoms with E-state index in [9.17, 15) is 4.79 Å². The molecular weight excluding hydrogens is 250 g/mol. The summed E-state index contributed by atoms with van der Waals surface area (Å²) >= 11 is 0. The third-order valence-corrected chi connectivity index (χ3v) is 2.96. The molecule has 20 heavy (non-hydrogen) atoms. The molecule has 0 bridgehead atoms. The highest BCUT2D eigenvalue weighted by molar-refractivity contribution is 5.86. The molecule has 1 aromatic carbocycles. The Balaban J connectivity index is 2.00. The topological polar surface area (TPSA) is 65.8 Å². The average molecular weight is 265 g/mol. The summed E-state index contributed by atoms with van der Waals surface area (Å²) in [5.74, 6) is -1.08. The number of hydrogen-bond acceptors (Lipinski definition) is 3. The van der Waals surface area contributed by atoms with Gasteiger partial charge in [0.1, 0.15) is 5.92 Å². The molecule has 2 rings (SSSR count). The van der Waals surface area contributed by atoms with Gasteiger partial charge in [0.05, 0.1) is 6.07 Å². The van der Waals surface area contributed by atoms with Crippen molar-refractivity contribution in [3.63, 3.8) is 0 Å². The van der Waals surface area contributed by atoms with Crippen LogP contribution in [0.25, 0.3) is 0 Å². The maximum atomic E-state index is 12.1. The van der Waals surface area contributed by atoms with Gasteiger partial charge in [-0.05, 0) is 24.1 Å². The molecule has 0 aliphatic carbocycles. The van der Waals surface area contributed by atoms with Crippen LogP contribution in [0.1, 0.15) is 22.7 Å². The number of nitrogens with zero attached hydrogens (tertiary/aromatic N) is 2. The Labute approximate surface area is 118 Å². The molecule has 1 atom stereocenters. The molecule has 4 nitrogen and oxygen atoms in total. The quantitative estimate of drug-likeness (QED) is 0.922. The standard InChI is InChI=1S/C16H15N3O/c1-12-7-8-13(10-18-12)11-19-16(20)15(9-17)14-5-3-2-4-6-14/h2-8,10,15H,11H2,1H3,(H,19,20). The third-order valence-electron chi connectivity index (χ3n) is 2.96. The Morgan fingerprint density at radius 3 is 2.65 bits per heavy atom. The molecular formula is C16H15N3O. The van der Waals surface area contributed by atoms with E-state index in [2.05, 4.69) is 10.3 Å². The molecule has 0 aliphatic heterocycles. The molecule has 1 aromatic heterocycles. The SMILES string of the molecule is Cc1ccc(CNC(=O)C(C#N)c2ccccc2)cn1. The number of rotatable bonds is 4. The van der Waals surface area contributed by atoms with Crippen molar-refractivity contribution in [1.29, 1.82) is 5.26 Å². The predicted molar refractivity (Wildman–Crippen MR) is 75.6 cm³/mol. The second-order valence-electron chi connectivity index (χ2n) is 4.50. The number of carbonyl (C=O) groups is 1. The van der Waals surface area contributed by atoms with Gasteiger partial charge in [-0.15, -0.1) is 0 Å². The van der Waals surface area contributed by atoms with Crippen molar-refractivity contribution in [2.24, 2.45) is 0 Å². The second-order valence-corrected chi connectivity index (χ2v) is 4.50. The maximum absolute atomic E-state index is 12.1. The molecule has 2 aromatic rings. The van der Waals surface area contributed by atoms with E-state index in [-0.39, 0.29) is 5.91 Å². The summed E-state index contributed by atoms with van der Waals surface area (Å²) in [5.41, 5.74) is 2.54. The van der Waals surface area contributed by atoms with E-state index >= 15 is 0 Å². The predicted octanol–water partition coefficient (Wildman–Crippen LogP) is 2.31. The third kappa shape index (κ3) is 3.42. The van der Waals surface area contributed by atoms with Crippen LogP contribution in [0.15, 0.2) is 48.7 Å². The number of hydrogen-bond donors (Lipinski definition) is 1. The molecule has 100 valence electrons. The van der Waals surface area contributed by atoms with Crippen LogP contribution in [0.4, 0.5) is 0 Å². The molecule has 0 saturated heterocycles. The van der Waals surface area contributed by atoms with E-state index < -0.39 is 5.92 Å². The molecule has 1 amide bonds. The number of benzene rings is 1. The molecule has 0 aliphatic rings. The number of aromatic nitrogens is 1. The average Bonchev–Trinajstić information content (AvgIpc) is 2.48. The summed E-state index contributed by atoms with van der Waals surface area (Å²) in [6.45, 7) is 2.28.